The van der Waals surface area contributed by atoms with Gasteiger partial charge in [-0.3, -0.25) is 9.36 Å². The lowest BCUT2D eigenvalue weighted by atomic mass is 9.64. The molecule has 4 rings (SSSR count). The van der Waals surface area contributed by atoms with Crippen LogP contribution in [0.15, 0.2) is 67.4 Å². The Kier molecular flexibility index (Phi) is 4.52. The van der Waals surface area contributed by atoms with Crippen molar-refractivity contribution < 1.29 is 4.79 Å². The summed E-state index contributed by atoms with van der Waals surface area (Å²) in [4.78, 5) is 21.3. The third-order valence-corrected chi connectivity index (χ3v) is 5.21. The van der Waals surface area contributed by atoms with Gasteiger partial charge in [-0.1, -0.05) is 36.8 Å². The van der Waals surface area contributed by atoms with Gasteiger partial charge >= 0.3 is 0 Å². The Balaban J connectivity index is 1.42. The average Bonchev–Trinajstić information content (AvgIpc) is 3.19. The Bertz CT molecular complexity index is 870. The van der Waals surface area contributed by atoms with Crippen LogP contribution in [0.3, 0.4) is 0 Å². The third-order valence-electron chi connectivity index (χ3n) is 5.21. The van der Waals surface area contributed by atoms with E-state index in [4.69, 9.17) is 0 Å². The molecule has 5 heteroatoms. The summed E-state index contributed by atoms with van der Waals surface area (Å²) >= 11 is 0. The van der Waals surface area contributed by atoms with E-state index < -0.39 is 0 Å². The first-order valence-electron chi connectivity index (χ1n) is 9.01. The molecule has 0 saturated heterocycles. The Labute approximate surface area is 153 Å². The third kappa shape index (κ3) is 3.38. The number of aromatic nitrogens is 3. The normalized spacial score (nSPS) is 15.2. The highest BCUT2D eigenvalue weighted by molar-refractivity contribution is 5.83. The van der Waals surface area contributed by atoms with Gasteiger partial charge in [0.25, 0.3) is 0 Å². The van der Waals surface area contributed by atoms with Gasteiger partial charge in [-0.15, -0.1) is 0 Å². The summed E-state index contributed by atoms with van der Waals surface area (Å²) in [5.74, 6) is 0.963. The molecule has 1 aromatic carbocycles. The number of nitrogens with one attached hydrogen (secondary N) is 1. The van der Waals surface area contributed by atoms with E-state index in [1.54, 1.807) is 18.7 Å². The molecule has 2 heterocycles. The van der Waals surface area contributed by atoms with Crippen molar-refractivity contribution in [3.05, 3.63) is 78.5 Å². The fourth-order valence-corrected chi connectivity index (χ4v) is 3.55. The van der Waals surface area contributed by atoms with Gasteiger partial charge in [0.15, 0.2) is 0 Å². The second-order valence-electron chi connectivity index (χ2n) is 6.97. The van der Waals surface area contributed by atoms with Gasteiger partial charge in [0.1, 0.15) is 12.1 Å². The smallest absolute Gasteiger partial charge is 0.226 e. The number of hydrogen-bond donors (Lipinski definition) is 1. The standard InChI is InChI=1S/C21H22N4O/c26-20(21(8-4-9-21)14-17-5-2-1-3-6-17)24-15-18-7-10-23-19(13-18)25-12-11-22-16-25/h1-3,5-7,10-13,16H,4,8-9,14-15H2,(H,24,26). The molecule has 3 aromatic rings. The molecule has 132 valence electrons. The van der Waals surface area contributed by atoms with Crippen LogP contribution in [0.4, 0.5) is 0 Å². The van der Waals surface area contributed by atoms with Crippen LogP contribution in [0.1, 0.15) is 30.4 Å². The maximum Gasteiger partial charge on any atom is 0.226 e. The molecular formula is C21H22N4O. The molecule has 0 radical (unpaired) electrons. The summed E-state index contributed by atoms with van der Waals surface area (Å²) in [6.07, 6.45) is 10.9. The predicted molar refractivity (Wildman–Crippen MR) is 99.6 cm³/mol. The molecule has 1 N–H and O–H groups in total. The zero-order chi connectivity index (χ0) is 17.8. The lowest BCUT2D eigenvalue weighted by molar-refractivity contribution is -0.136. The number of carbonyl (C=O) groups excluding carboxylic acids is 1. The van der Waals surface area contributed by atoms with Gasteiger partial charge in [-0.25, -0.2) is 9.97 Å². The van der Waals surface area contributed by atoms with E-state index in [1.165, 1.54) is 5.56 Å². The molecule has 5 nitrogen and oxygen atoms in total. The fraction of sp³-hybridized carbons (Fsp3) is 0.286. The van der Waals surface area contributed by atoms with Crippen molar-refractivity contribution in [1.82, 2.24) is 19.9 Å². The predicted octanol–water partition coefficient (Wildman–Crippen LogP) is 3.30. The zero-order valence-corrected chi connectivity index (χ0v) is 14.6. The topological polar surface area (TPSA) is 59.8 Å². The molecule has 0 aliphatic heterocycles. The maximum absolute atomic E-state index is 12.9. The van der Waals surface area contributed by atoms with E-state index in [9.17, 15) is 4.79 Å². The highest BCUT2D eigenvalue weighted by Gasteiger charge is 2.43. The molecule has 0 bridgehead atoms. The number of hydrogen-bond acceptors (Lipinski definition) is 3. The quantitative estimate of drug-likeness (QED) is 0.745. The molecule has 26 heavy (non-hydrogen) atoms. The van der Waals surface area contributed by atoms with Crippen LogP contribution >= 0.6 is 0 Å². The number of nitrogens with zero attached hydrogens (tertiary/aromatic N) is 3. The summed E-state index contributed by atoms with van der Waals surface area (Å²) in [5.41, 5.74) is 2.02. The second kappa shape index (κ2) is 7.12. The Morgan fingerprint density at radius 2 is 1.96 bits per heavy atom. The molecule has 1 aliphatic carbocycles. The van der Waals surface area contributed by atoms with Gasteiger partial charge in [-0.05, 0) is 42.5 Å². The average molecular weight is 346 g/mol. The molecular weight excluding hydrogens is 324 g/mol. The summed E-state index contributed by atoms with van der Waals surface area (Å²) in [6, 6.07) is 14.2. The van der Waals surface area contributed by atoms with Crippen molar-refractivity contribution in [2.45, 2.75) is 32.2 Å². The van der Waals surface area contributed by atoms with Gasteiger partial charge in [0, 0.05) is 25.1 Å². The lowest BCUT2D eigenvalue weighted by Gasteiger charge is -2.40. The molecule has 1 amide bonds. The second-order valence-corrected chi connectivity index (χ2v) is 6.97. The van der Waals surface area contributed by atoms with Crippen molar-refractivity contribution in [3.8, 4) is 5.82 Å². The number of imidazole rings is 1. The SMILES string of the molecule is O=C(NCc1ccnc(-n2ccnc2)c1)C1(Cc2ccccc2)CCC1. The van der Waals surface area contributed by atoms with Crippen LogP contribution in [0, 0.1) is 5.41 Å². The minimum atomic E-state index is -0.248. The van der Waals surface area contributed by atoms with E-state index in [0.717, 1.165) is 37.1 Å². The Hall–Kier alpha value is -2.95. The maximum atomic E-state index is 12.9. The molecule has 0 spiro atoms. The van der Waals surface area contributed by atoms with E-state index in [1.807, 2.05) is 41.1 Å². The first-order valence-corrected chi connectivity index (χ1v) is 9.01. The number of benzene rings is 1. The number of pyridine rings is 1. The van der Waals surface area contributed by atoms with Gasteiger partial charge in [0.05, 0.1) is 5.41 Å². The molecule has 1 fully saturated rings. The first-order chi connectivity index (χ1) is 12.8. The summed E-state index contributed by atoms with van der Waals surface area (Å²) in [6.45, 7) is 0.513. The van der Waals surface area contributed by atoms with Crippen molar-refractivity contribution in [2.24, 2.45) is 5.41 Å². The Morgan fingerprint density at radius 3 is 2.65 bits per heavy atom. The monoisotopic (exact) mass is 346 g/mol. The Morgan fingerprint density at radius 1 is 1.12 bits per heavy atom. The number of amides is 1. The molecule has 1 saturated carbocycles. The molecule has 0 unspecified atom stereocenters. The zero-order valence-electron chi connectivity index (χ0n) is 14.6. The van der Waals surface area contributed by atoms with E-state index in [-0.39, 0.29) is 11.3 Å². The van der Waals surface area contributed by atoms with Crippen LogP contribution in [0.25, 0.3) is 5.82 Å². The first kappa shape index (κ1) is 16.5. The minimum absolute atomic E-state index is 0.161. The molecule has 2 aromatic heterocycles. The van der Waals surface area contributed by atoms with Crippen LogP contribution in [-0.2, 0) is 17.8 Å². The van der Waals surface area contributed by atoms with E-state index in [0.29, 0.717) is 6.54 Å². The summed E-state index contributed by atoms with van der Waals surface area (Å²) < 4.78 is 1.86. The van der Waals surface area contributed by atoms with Crippen LogP contribution in [0.2, 0.25) is 0 Å². The van der Waals surface area contributed by atoms with E-state index in [2.05, 4.69) is 27.4 Å². The summed E-state index contributed by atoms with van der Waals surface area (Å²) in [7, 11) is 0. The van der Waals surface area contributed by atoms with Crippen molar-refractivity contribution in [2.75, 3.05) is 0 Å². The van der Waals surface area contributed by atoms with Gasteiger partial charge in [-0.2, -0.15) is 0 Å². The van der Waals surface area contributed by atoms with Gasteiger partial charge in [0.2, 0.25) is 5.91 Å². The molecule has 1 aliphatic rings. The summed E-state index contributed by atoms with van der Waals surface area (Å²) in [5, 5.41) is 3.14. The van der Waals surface area contributed by atoms with Crippen molar-refractivity contribution >= 4 is 5.91 Å². The van der Waals surface area contributed by atoms with Crippen LogP contribution < -0.4 is 5.32 Å². The van der Waals surface area contributed by atoms with Crippen molar-refractivity contribution in [1.29, 1.82) is 0 Å². The highest BCUT2D eigenvalue weighted by Crippen LogP contribution is 2.44. The number of rotatable bonds is 6. The van der Waals surface area contributed by atoms with Gasteiger partial charge < -0.3 is 5.32 Å². The highest BCUT2D eigenvalue weighted by atomic mass is 16.2. The van der Waals surface area contributed by atoms with Crippen LogP contribution in [0.5, 0.6) is 0 Å². The fourth-order valence-electron chi connectivity index (χ4n) is 3.55. The van der Waals surface area contributed by atoms with E-state index >= 15 is 0 Å². The largest absolute Gasteiger partial charge is 0.352 e. The lowest BCUT2D eigenvalue weighted by Crippen LogP contribution is -2.46. The minimum Gasteiger partial charge on any atom is -0.352 e. The van der Waals surface area contributed by atoms with Crippen molar-refractivity contribution in [3.63, 3.8) is 0 Å². The van der Waals surface area contributed by atoms with Crippen LogP contribution in [-0.4, -0.2) is 20.4 Å². The molecule has 0 atom stereocenters. The number of carbonyl (C=O) groups is 1.